The summed E-state index contributed by atoms with van der Waals surface area (Å²) in [7, 11) is 0. The Balaban J connectivity index is 0.00000108. The number of fused-ring (bicyclic) bond motifs is 3. The van der Waals surface area contributed by atoms with Crippen molar-refractivity contribution in [2.24, 2.45) is 5.18 Å². The molecule has 7 heteroatoms. The quantitative estimate of drug-likeness (QED) is 0.490. The number of nitroso groups, excluding NO2 is 1. The Hall–Kier alpha value is -2.28. The second kappa shape index (κ2) is 3.63. The van der Waals surface area contributed by atoms with E-state index in [0.717, 1.165) is 22.6 Å². The number of hydrogen-bond donors (Lipinski definition) is 2. The van der Waals surface area contributed by atoms with Crippen LogP contribution in [-0.4, -0.2) is 20.7 Å². The number of aromatic nitrogens is 4. The average molecular weight is 233 g/mol. The molecule has 0 bridgehead atoms. The van der Waals surface area contributed by atoms with Crippen LogP contribution in [0.15, 0.2) is 17.3 Å². The van der Waals surface area contributed by atoms with E-state index in [-0.39, 0.29) is 5.48 Å². The van der Waals surface area contributed by atoms with Gasteiger partial charge in [0, 0.05) is 24.8 Å². The van der Waals surface area contributed by atoms with Crippen LogP contribution in [-0.2, 0) is 0 Å². The van der Waals surface area contributed by atoms with Crippen molar-refractivity contribution in [1.29, 1.82) is 0 Å². The van der Waals surface area contributed by atoms with Gasteiger partial charge in [-0.15, -0.1) is 4.91 Å². The topological polar surface area (TPSA) is 108 Å². The van der Waals surface area contributed by atoms with E-state index in [0.29, 0.717) is 11.3 Å². The summed E-state index contributed by atoms with van der Waals surface area (Å²) in [5, 5.41) is 8.90. The fourth-order valence-electron chi connectivity index (χ4n) is 2.01. The average Bonchev–Trinajstić information content (AvgIpc) is 2.80. The largest absolute Gasteiger partial charge is 0.870 e. The van der Waals surface area contributed by atoms with Crippen LogP contribution < -0.4 is 4.40 Å². The van der Waals surface area contributed by atoms with Crippen LogP contribution >= 0.6 is 0 Å². The summed E-state index contributed by atoms with van der Waals surface area (Å²) in [4.78, 5) is 15.1. The van der Waals surface area contributed by atoms with Crippen LogP contribution in [0.1, 0.15) is 11.5 Å². The maximum absolute atomic E-state index is 10.8. The Morgan fingerprint density at radius 2 is 2.06 bits per heavy atom. The van der Waals surface area contributed by atoms with Gasteiger partial charge in [-0.2, -0.15) is 14.6 Å². The fraction of sp³-hybridized carbons (Fsp3) is 0.200. The van der Waals surface area contributed by atoms with Crippen LogP contribution in [0, 0.1) is 18.8 Å². The molecule has 0 fully saturated rings. The second-order valence-corrected chi connectivity index (χ2v) is 3.81. The van der Waals surface area contributed by atoms with Crippen LogP contribution in [0.2, 0.25) is 0 Å². The summed E-state index contributed by atoms with van der Waals surface area (Å²) in [6.45, 7) is 3.84. The number of aryl methyl sites for hydroxylation is 2. The highest BCUT2D eigenvalue weighted by atomic mass is 16.3. The molecule has 3 N–H and O–H groups in total. The highest BCUT2D eigenvalue weighted by Crippen LogP contribution is 2.22. The van der Waals surface area contributed by atoms with Crippen molar-refractivity contribution in [1.82, 2.24) is 15.2 Å². The second-order valence-electron chi connectivity index (χ2n) is 3.81. The number of nitrogens with one attached hydrogen (secondary N) is 2. The first-order valence-electron chi connectivity index (χ1n) is 4.93. The Kier molecular flexibility index (Phi) is 2.40. The molecule has 88 valence electrons. The first-order chi connectivity index (χ1) is 7.70. The maximum atomic E-state index is 10.8. The molecule has 0 saturated heterocycles. The number of aromatic amines is 2. The predicted molar refractivity (Wildman–Crippen MR) is 60.5 cm³/mol. The molecular weight excluding hydrogens is 222 g/mol. The van der Waals surface area contributed by atoms with Crippen LogP contribution in [0.5, 0.6) is 0 Å². The van der Waals surface area contributed by atoms with E-state index in [1.807, 2.05) is 24.3 Å². The molecule has 0 aliphatic carbocycles. The third-order valence-corrected chi connectivity index (χ3v) is 2.68. The SMILES string of the molecule is Cc1cc2c(cc(N=O)c3[nH][nH]c(C)[n+]32)n1.[OH-]. The van der Waals surface area contributed by atoms with E-state index in [1.165, 1.54) is 0 Å². The smallest absolute Gasteiger partial charge is 0.289 e. The van der Waals surface area contributed by atoms with E-state index in [2.05, 4.69) is 20.4 Å². The summed E-state index contributed by atoms with van der Waals surface area (Å²) < 4.78 is 1.91. The molecule has 0 saturated carbocycles. The van der Waals surface area contributed by atoms with Crippen molar-refractivity contribution in [2.45, 2.75) is 13.8 Å². The van der Waals surface area contributed by atoms with Crippen LogP contribution in [0.3, 0.4) is 0 Å². The molecule has 17 heavy (non-hydrogen) atoms. The number of nitrogens with zero attached hydrogens (tertiary/aromatic N) is 3. The lowest BCUT2D eigenvalue weighted by Gasteiger charge is -1.93. The number of rotatable bonds is 1. The van der Waals surface area contributed by atoms with Gasteiger partial charge in [0.05, 0.1) is 0 Å². The molecule has 0 radical (unpaired) electrons. The highest BCUT2D eigenvalue weighted by molar-refractivity contribution is 5.80. The predicted octanol–water partition coefficient (Wildman–Crippen LogP) is 1.47. The minimum absolute atomic E-state index is 0. The molecule has 0 aliphatic rings. The van der Waals surface area contributed by atoms with Crippen molar-refractivity contribution in [3.8, 4) is 0 Å². The lowest BCUT2D eigenvalue weighted by atomic mass is 10.3. The molecule has 3 rings (SSSR count). The van der Waals surface area contributed by atoms with Gasteiger partial charge in [0.15, 0.2) is 5.69 Å². The first-order valence-corrected chi connectivity index (χ1v) is 4.93. The molecule has 0 amide bonds. The van der Waals surface area contributed by atoms with Crippen molar-refractivity contribution in [3.63, 3.8) is 0 Å². The van der Waals surface area contributed by atoms with E-state index in [1.54, 1.807) is 6.07 Å². The molecule has 3 aromatic heterocycles. The van der Waals surface area contributed by atoms with Gasteiger partial charge in [0.2, 0.25) is 5.82 Å². The Labute approximate surface area is 95.8 Å². The molecule has 3 heterocycles. The van der Waals surface area contributed by atoms with Gasteiger partial charge >= 0.3 is 0 Å². The summed E-state index contributed by atoms with van der Waals surface area (Å²) in [5.74, 6) is 0.901. The van der Waals surface area contributed by atoms with Crippen molar-refractivity contribution in [2.75, 3.05) is 0 Å². The molecule has 0 aromatic carbocycles. The van der Waals surface area contributed by atoms with Gasteiger partial charge in [0.1, 0.15) is 11.0 Å². The molecule has 0 unspecified atom stereocenters. The summed E-state index contributed by atoms with van der Waals surface area (Å²) in [5.41, 5.74) is 3.69. The van der Waals surface area contributed by atoms with Gasteiger partial charge < -0.3 is 5.48 Å². The van der Waals surface area contributed by atoms with E-state index >= 15 is 0 Å². The van der Waals surface area contributed by atoms with E-state index < -0.39 is 0 Å². The van der Waals surface area contributed by atoms with E-state index in [4.69, 9.17) is 0 Å². The Bertz CT molecular complexity index is 712. The van der Waals surface area contributed by atoms with Crippen LogP contribution in [0.25, 0.3) is 16.7 Å². The number of hydrogen-bond acceptors (Lipinski definition) is 4. The van der Waals surface area contributed by atoms with Gasteiger partial charge in [0.25, 0.3) is 5.65 Å². The fourth-order valence-corrected chi connectivity index (χ4v) is 2.01. The monoisotopic (exact) mass is 233 g/mol. The number of H-pyrrole nitrogens is 2. The van der Waals surface area contributed by atoms with Crippen molar-refractivity contribution in [3.05, 3.63) is 28.6 Å². The third-order valence-electron chi connectivity index (χ3n) is 2.68. The Morgan fingerprint density at radius 3 is 2.76 bits per heavy atom. The summed E-state index contributed by atoms with van der Waals surface area (Å²) in [6.07, 6.45) is 0. The number of pyridine rings is 1. The zero-order valence-corrected chi connectivity index (χ0v) is 9.35. The third kappa shape index (κ3) is 1.40. The highest BCUT2D eigenvalue weighted by Gasteiger charge is 2.18. The minimum atomic E-state index is 0. The first kappa shape index (κ1) is 11.2. The minimum Gasteiger partial charge on any atom is -0.870 e. The molecular formula is C10H11N5O2. The standard InChI is InChI=1S/C10H9N5O.H2O/c1-5-3-9-7(11-5)4-8(14-16)10-13-12-6(2)15(9)10;/h3-4H,1-2H3,(H,11,13,16);1H2. The lowest BCUT2D eigenvalue weighted by Crippen LogP contribution is -2.23. The molecule has 3 aromatic rings. The van der Waals surface area contributed by atoms with Gasteiger partial charge in [-0.05, 0) is 12.1 Å². The summed E-state index contributed by atoms with van der Waals surface area (Å²) >= 11 is 0. The summed E-state index contributed by atoms with van der Waals surface area (Å²) in [6, 6.07) is 3.67. The van der Waals surface area contributed by atoms with Gasteiger partial charge in [-0.1, -0.05) is 0 Å². The maximum Gasteiger partial charge on any atom is 0.289 e. The zero-order valence-electron chi connectivity index (χ0n) is 9.35. The van der Waals surface area contributed by atoms with Gasteiger partial charge in [-0.3, -0.25) is 0 Å². The van der Waals surface area contributed by atoms with Crippen LogP contribution in [0.4, 0.5) is 5.69 Å². The normalized spacial score (nSPS) is 10.7. The molecule has 0 atom stereocenters. The molecule has 7 nitrogen and oxygen atoms in total. The van der Waals surface area contributed by atoms with Gasteiger partial charge in [-0.25, -0.2) is 4.98 Å². The zero-order chi connectivity index (χ0) is 11.3. The Morgan fingerprint density at radius 1 is 1.29 bits per heavy atom. The van der Waals surface area contributed by atoms with Crippen molar-refractivity contribution < 1.29 is 9.88 Å². The van der Waals surface area contributed by atoms with Crippen molar-refractivity contribution >= 4 is 22.4 Å². The van der Waals surface area contributed by atoms with E-state index in [9.17, 15) is 4.91 Å². The molecule has 0 aliphatic heterocycles. The lowest BCUT2D eigenvalue weighted by molar-refractivity contribution is -0.489. The molecule has 0 spiro atoms.